The van der Waals surface area contributed by atoms with Crippen LogP contribution in [0.25, 0.3) is 0 Å². The Labute approximate surface area is 157 Å². The standard InChI is InChI=1S/C21H25N3OSi/c1-20(2,3)26(4,5)25-21(16-23,19-10-7-11-24-15-19)13-17-8-6-9-18(12-17)14-22/h6-12,15H,13H2,1-5H3. The van der Waals surface area contributed by atoms with E-state index in [-0.39, 0.29) is 5.04 Å². The summed E-state index contributed by atoms with van der Waals surface area (Å²) in [6.45, 7) is 10.7. The first kappa shape index (κ1) is 19.8. The molecule has 1 heterocycles. The van der Waals surface area contributed by atoms with E-state index in [2.05, 4.69) is 51.0 Å². The lowest BCUT2D eigenvalue weighted by Crippen LogP contribution is -2.49. The van der Waals surface area contributed by atoms with Crippen molar-refractivity contribution in [3.05, 3.63) is 65.5 Å². The average molecular weight is 364 g/mol. The summed E-state index contributed by atoms with van der Waals surface area (Å²) in [6.07, 6.45) is 3.76. The third kappa shape index (κ3) is 4.19. The number of hydrogen-bond acceptors (Lipinski definition) is 4. The molecule has 0 spiro atoms. The number of rotatable bonds is 5. The van der Waals surface area contributed by atoms with Gasteiger partial charge in [0.15, 0.2) is 13.9 Å². The van der Waals surface area contributed by atoms with Crippen LogP contribution >= 0.6 is 0 Å². The van der Waals surface area contributed by atoms with E-state index in [4.69, 9.17) is 4.43 Å². The summed E-state index contributed by atoms with van der Waals surface area (Å²) in [5.41, 5.74) is 1.08. The average Bonchev–Trinajstić information content (AvgIpc) is 2.61. The predicted molar refractivity (Wildman–Crippen MR) is 105 cm³/mol. The lowest BCUT2D eigenvalue weighted by atomic mass is 9.89. The quantitative estimate of drug-likeness (QED) is 0.706. The zero-order valence-electron chi connectivity index (χ0n) is 16.1. The van der Waals surface area contributed by atoms with Crippen LogP contribution in [-0.4, -0.2) is 13.3 Å². The van der Waals surface area contributed by atoms with Gasteiger partial charge in [-0.05, 0) is 41.9 Å². The van der Waals surface area contributed by atoms with E-state index >= 15 is 0 Å². The molecule has 134 valence electrons. The van der Waals surface area contributed by atoms with Crippen LogP contribution in [0, 0.1) is 22.7 Å². The van der Waals surface area contributed by atoms with Crippen molar-refractivity contribution in [1.29, 1.82) is 10.5 Å². The molecule has 0 aliphatic carbocycles. The summed E-state index contributed by atoms with van der Waals surface area (Å²) in [5, 5.41) is 19.3. The first-order valence-corrected chi connectivity index (χ1v) is 11.6. The van der Waals surface area contributed by atoms with Gasteiger partial charge in [-0.1, -0.05) is 39.0 Å². The molecule has 0 bridgehead atoms. The van der Waals surface area contributed by atoms with E-state index in [1.165, 1.54) is 0 Å². The summed E-state index contributed by atoms with van der Waals surface area (Å²) < 4.78 is 6.66. The molecule has 1 unspecified atom stereocenters. The molecule has 0 aliphatic heterocycles. The van der Waals surface area contributed by atoms with Crippen molar-refractivity contribution in [1.82, 2.24) is 4.98 Å². The Hall–Kier alpha value is -2.47. The molecule has 4 nitrogen and oxygen atoms in total. The molecule has 1 atom stereocenters. The van der Waals surface area contributed by atoms with Gasteiger partial charge >= 0.3 is 0 Å². The number of aromatic nitrogens is 1. The van der Waals surface area contributed by atoms with Gasteiger partial charge in [0.2, 0.25) is 0 Å². The summed E-state index contributed by atoms with van der Waals surface area (Å²) in [7, 11) is -2.24. The summed E-state index contributed by atoms with van der Waals surface area (Å²) >= 11 is 0. The van der Waals surface area contributed by atoms with Gasteiger partial charge in [0.1, 0.15) is 6.07 Å². The third-order valence-corrected chi connectivity index (χ3v) is 9.52. The molecule has 0 amide bonds. The van der Waals surface area contributed by atoms with Crippen molar-refractivity contribution in [3.8, 4) is 12.1 Å². The Morgan fingerprint density at radius 2 is 1.85 bits per heavy atom. The number of pyridine rings is 1. The fraction of sp³-hybridized carbons (Fsp3) is 0.381. The molecule has 1 aromatic carbocycles. The van der Waals surface area contributed by atoms with E-state index < -0.39 is 13.9 Å². The first-order valence-electron chi connectivity index (χ1n) is 8.64. The van der Waals surface area contributed by atoms with Gasteiger partial charge in [0.05, 0.1) is 11.6 Å². The fourth-order valence-corrected chi connectivity index (χ4v) is 3.97. The molecular weight excluding hydrogens is 338 g/mol. The smallest absolute Gasteiger partial charge is 0.194 e. The van der Waals surface area contributed by atoms with Crippen molar-refractivity contribution in [2.45, 2.75) is 50.9 Å². The van der Waals surface area contributed by atoms with Crippen LogP contribution < -0.4 is 0 Å². The van der Waals surface area contributed by atoms with Crippen molar-refractivity contribution < 1.29 is 4.43 Å². The Balaban J connectivity index is 2.55. The maximum atomic E-state index is 10.2. The van der Waals surface area contributed by atoms with E-state index in [1.807, 2.05) is 30.3 Å². The molecular formula is C21H25N3OSi. The fourth-order valence-electron chi connectivity index (χ4n) is 2.55. The van der Waals surface area contributed by atoms with E-state index in [9.17, 15) is 10.5 Å². The van der Waals surface area contributed by atoms with Crippen LogP contribution in [-0.2, 0) is 16.4 Å². The topological polar surface area (TPSA) is 69.7 Å². The van der Waals surface area contributed by atoms with Crippen LogP contribution in [0.5, 0.6) is 0 Å². The number of hydrogen-bond donors (Lipinski definition) is 0. The summed E-state index contributed by atoms with van der Waals surface area (Å²) in [4.78, 5) is 4.20. The molecule has 5 heteroatoms. The summed E-state index contributed by atoms with van der Waals surface area (Å²) in [6, 6.07) is 15.6. The van der Waals surface area contributed by atoms with Crippen LogP contribution in [0.15, 0.2) is 48.8 Å². The molecule has 0 saturated carbocycles. The minimum atomic E-state index is -2.24. The van der Waals surface area contributed by atoms with Crippen LogP contribution in [0.1, 0.15) is 37.5 Å². The van der Waals surface area contributed by atoms with Gasteiger partial charge in [0.25, 0.3) is 0 Å². The van der Waals surface area contributed by atoms with E-state index in [1.54, 1.807) is 18.5 Å². The molecule has 0 radical (unpaired) electrons. The van der Waals surface area contributed by atoms with Gasteiger partial charge in [-0.3, -0.25) is 4.98 Å². The highest BCUT2D eigenvalue weighted by Crippen LogP contribution is 2.42. The highest BCUT2D eigenvalue weighted by molar-refractivity contribution is 6.74. The largest absolute Gasteiger partial charge is 0.395 e. The van der Waals surface area contributed by atoms with Crippen LogP contribution in [0.4, 0.5) is 0 Å². The van der Waals surface area contributed by atoms with Crippen molar-refractivity contribution in [2.75, 3.05) is 0 Å². The van der Waals surface area contributed by atoms with Gasteiger partial charge in [-0.15, -0.1) is 0 Å². The molecule has 26 heavy (non-hydrogen) atoms. The third-order valence-electron chi connectivity index (χ3n) is 5.05. The summed E-state index contributed by atoms with van der Waals surface area (Å²) in [5.74, 6) is 0. The molecule has 0 aliphatic rings. The second-order valence-corrected chi connectivity index (χ2v) is 12.8. The highest BCUT2D eigenvalue weighted by Gasteiger charge is 2.46. The van der Waals surface area contributed by atoms with Gasteiger partial charge < -0.3 is 4.43 Å². The maximum Gasteiger partial charge on any atom is 0.194 e. The molecule has 0 saturated heterocycles. The van der Waals surface area contributed by atoms with Crippen LogP contribution in [0.2, 0.25) is 18.1 Å². The minimum absolute atomic E-state index is 0.0359. The Bertz CT molecular complexity index is 844. The van der Waals surface area contributed by atoms with Crippen molar-refractivity contribution in [3.63, 3.8) is 0 Å². The number of nitriles is 2. The Morgan fingerprint density at radius 1 is 1.12 bits per heavy atom. The van der Waals surface area contributed by atoms with Gasteiger partial charge in [-0.25, -0.2) is 0 Å². The van der Waals surface area contributed by atoms with Crippen molar-refractivity contribution in [2.24, 2.45) is 0 Å². The van der Waals surface area contributed by atoms with E-state index in [0.717, 1.165) is 11.1 Å². The first-order chi connectivity index (χ1) is 12.1. The zero-order chi connectivity index (χ0) is 19.4. The maximum absolute atomic E-state index is 10.2. The molecule has 2 rings (SSSR count). The lowest BCUT2D eigenvalue weighted by molar-refractivity contribution is 0.108. The Kier molecular flexibility index (Phi) is 5.66. The molecule has 2 aromatic rings. The zero-order valence-corrected chi connectivity index (χ0v) is 17.1. The molecule has 0 N–H and O–H groups in total. The molecule has 1 aromatic heterocycles. The van der Waals surface area contributed by atoms with Crippen LogP contribution in [0.3, 0.4) is 0 Å². The second kappa shape index (κ2) is 7.41. The van der Waals surface area contributed by atoms with Gasteiger partial charge in [0, 0.05) is 24.4 Å². The lowest BCUT2D eigenvalue weighted by Gasteiger charge is -2.42. The SMILES string of the molecule is CC(C)(C)[Si](C)(C)OC(C#N)(Cc1cccc(C#N)c1)c1cccnc1. The minimum Gasteiger partial charge on any atom is -0.395 e. The normalized spacial score (nSPS) is 14.1. The number of nitrogens with zero attached hydrogens (tertiary/aromatic N) is 3. The van der Waals surface area contributed by atoms with Crippen molar-refractivity contribution >= 4 is 8.32 Å². The predicted octanol–water partition coefficient (Wildman–Crippen LogP) is 4.94. The molecule has 0 fully saturated rings. The number of benzene rings is 1. The highest BCUT2D eigenvalue weighted by atomic mass is 28.4. The van der Waals surface area contributed by atoms with E-state index in [0.29, 0.717) is 12.0 Å². The van der Waals surface area contributed by atoms with Gasteiger partial charge in [-0.2, -0.15) is 10.5 Å². The monoisotopic (exact) mass is 363 g/mol. The second-order valence-electron chi connectivity index (χ2n) is 8.03. The Morgan fingerprint density at radius 3 is 2.38 bits per heavy atom.